The first-order valence-corrected chi connectivity index (χ1v) is 10.1. The number of fused-ring (bicyclic) bond motifs is 3. The first-order valence-electron chi connectivity index (χ1n) is 10.1. The highest BCUT2D eigenvalue weighted by atomic mass is 16.2. The lowest BCUT2D eigenvalue weighted by Gasteiger charge is -2.44. The minimum Gasteiger partial charge on any atom is -0.358 e. The van der Waals surface area contributed by atoms with Gasteiger partial charge in [0.15, 0.2) is 0 Å². The molecule has 28 heavy (non-hydrogen) atoms. The highest BCUT2D eigenvalue weighted by Crippen LogP contribution is 2.39. The van der Waals surface area contributed by atoms with Crippen LogP contribution in [0.25, 0.3) is 0 Å². The molecule has 0 unspecified atom stereocenters. The van der Waals surface area contributed by atoms with E-state index in [2.05, 4.69) is 41.4 Å². The van der Waals surface area contributed by atoms with Gasteiger partial charge in [-0.25, -0.2) is 0 Å². The average Bonchev–Trinajstić information content (AvgIpc) is 2.75. The monoisotopic (exact) mass is 377 g/mol. The summed E-state index contributed by atoms with van der Waals surface area (Å²) < 4.78 is 0. The molecule has 2 amide bonds. The Morgan fingerprint density at radius 1 is 1.07 bits per heavy atom. The lowest BCUT2D eigenvalue weighted by Crippen LogP contribution is -2.54. The maximum absolute atomic E-state index is 12.8. The van der Waals surface area contributed by atoms with E-state index in [-0.39, 0.29) is 17.9 Å². The van der Waals surface area contributed by atoms with Gasteiger partial charge >= 0.3 is 0 Å². The van der Waals surface area contributed by atoms with Gasteiger partial charge in [-0.2, -0.15) is 0 Å². The molecule has 0 bridgehead atoms. The van der Waals surface area contributed by atoms with Crippen molar-refractivity contribution in [3.63, 3.8) is 0 Å². The molecule has 5 nitrogen and oxygen atoms in total. The summed E-state index contributed by atoms with van der Waals surface area (Å²) in [6.45, 7) is 3.51. The van der Waals surface area contributed by atoms with Crippen LogP contribution in [0.4, 0.5) is 11.4 Å². The Bertz CT molecular complexity index is 891. The van der Waals surface area contributed by atoms with Crippen molar-refractivity contribution in [1.82, 2.24) is 5.32 Å². The summed E-state index contributed by atoms with van der Waals surface area (Å²) in [6.07, 6.45) is 4.11. The normalized spacial score (nSPS) is 18.5. The predicted molar refractivity (Wildman–Crippen MR) is 112 cm³/mol. The third-order valence-electron chi connectivity index (χ3n) is 5.91. The molecular weight excluding hydrogens is 350 g/mol. The summed E-state index contributed by atoms with van der Waals surface area (Å²) in [5, 5.41) is 2.99. The lowest BCUT2D eigenvalue weighted by molar-refractivity contribution is -0.120. The van der Waals surface area contributed by atoms with Crippen molar-refractivity contribution >= 4 is 23.2 Å². The number of hydrogen-bond donors (Lipinski definition) is 1. The molecule has 5 heteroatoms. The largest absolute Gasteiger partial charge is 0.358 e. The Morgan fingerprint density at radius 2 is 1.82 bits per heavy atom. The first-order chi connectivity index (χ1) is 13.6. The van der Waals surface area contributed by atoms with E-state index in [1.54, 1.807) is 4.90 Å². The van der Waals surface area contributed by atoms with Crippen LogP contribution >= 0.6 is 0 Å². The van der Waals surface area contributed by atoms with Gasteiger partial charge in [-0.1, -0.05) is 31.2 Å². The van der Waals surface area contributed by atoms with Gasteiger partial charge in [-0.05, 0) is 55.0 Å². The molecule has 0 spiro atoms. The number of carbonyl (C=O) groups is 2. The number of hydrogen-bond acceptors (Lipinski definition) is 3. The van der Waals surface area contributed by atoms with Crippen molar-refractivity contribution < 1.29 is 9.59 Å². The number of nitrogens with zero attached hydrogens (tertiary/aromatic N) is 2. The van der Waals surface area contributed by atoms with Crippen LogP contribution in [0, 0.1) is 0 Å². The van der Waals surface area contributed by atoms with Gasteiger partial charge in [0, 0.05) is 25.7 Å². The number of aryl methyl sites for hydroxylation is 1. The molecule has 2 aromatic rings. The molecule has 1 atom stereocenters. The highest BCUT2D eigenvalue weighted by Gasteiger charge is 2.37. The molecule has 2 aromatic carbocycles. The van der Waals surface area contributed by atoms with Gasteiger partial charge in [0.2, 0.25) is 5.91 Å². The second-order valence-corrected chi connectivity index (χ2v) is 7.66. The maximum Gasteiger partial charge on any atom is 0.251 e. The van der Waals surface area contributed by atoms with Crippen LogP contribution in [0.3, 0.4) is 0 Å². The Balaban J connectivity index is 1.51. The number of anilines is 2. The summed E-state index contributed by atoms with van der Waals surface area (Å²) in [7, 11) is 1.81. The fourth-order valence-corrected chi connectivity index (χ4v) is 4.17. The Hall–Kier alpha value is -2.82. The summed E-state index contributed by atoms with van der Waals surface area (Å²) in [6, 6.07) is 13.9. The van der Waals surface area contributed by atoms with Crippen LogP contribution in [0.15, 0.2) is 42.5 Å². The van der Waals surface area contributed by atoms with Crippen LogP contribution in [0.5, 0.6) is 0 Å². The third kappa shape index (κ3) is 3.37. The standard InChI is InChI=1S/C23H27N3O2/c1-3-16-7-9-17(10-8-16)15-24-22(27)18-11-12-19-21(14-18)25(2)23(28)20-6-4-5-13-26(19)20/h7-12,14,20H,3-6,13,15H2,1-2H3,(H,24,27)/t20-/m0/s1. The molecule has 2 aliphatic rings. The Labute approximate surface area is 166 Å². The van der Waals surface area contributed by atoms with Gasteiger partial charge in [-0.15, -0.1) is 0 Å². The number of benzene rings is 2. The van der Waals surface area contributed by atoms with Crippen LogP contribution in [-0.4, -0.2) is 31.4 Å². The van der Waals surface area contributed by atoms with Crippen LogP contribution < -0.4 is 15.1 Å². The minimum absolute atomic E-state index is 0.0583. The van der Waals surface area contributed by atoms with Crippen LogP contribution in [-0.2, 0) is 17.8 Å². The molecule has 1 fully saturated rings. The summed E-state index contributed by atoms with van der Waals surface area (Å²) >= 11 is 0. The van der Waals surface area contributed by atoms with E-state index in [1.807, 2.05) is 25.2 Å². The molecule has 2 heterocycles. The molecular formula is C23H27N3O2. The van der Waals surface area contributed by atoms with Crippen molar-refractivity contribution in [2.45, 2.75) is 45.2 Å². The number of nitrogens with one attached hydrogen (secondary N) is 1. The molecule has 1 N–H and O–H groups in total. The topological polar surface area (TPSA) is 52.7 Å². The van der Waals surface area contributed by atoms with Gasteiger partial charge in [0.1, 0.15) is 6.04 Å². The second kappa shape index (κ2) is 7.66. The van der Waals surface area contributed by atoms with Crippen molar-refractivity contribution in [2.24, 2.45) is 0 Å². The zero-order valence-corrected chi connectivity index (χ0v) is 16.6. The number of amides is 2. The van der Waals surface area contributed by atoms with Crippen LogP contribution in [0.2, 0.25) is 0 Å². The predicted octanol–water partition coefficient (Wildman–Crippen LogP) is 3.51. The zero-order chi connectivity index (χ0) is 19.7. The molecule has 1 saturated heterocycles. The molecule has 2 aliphatic heterocycles. The Morgan fingerprint density at radius 3 is 2.57 bits per heavy atom. The summed E-state index contributed by atoms with van der Waals surface area (Å²) in [4.78, 5) is 29.3. The number of likely N-dealkylation sites (N-methyl/N-ethyl adjacent to an activating group) is 1. The van der Waals surface area contributed by atoms with Gasteiger partial charge in [-0.3, -0.25) is 9.59 Å². The van der Waals surface area contributed by atoms with E-state index in [1.165, 1.54) is 5.56 Å². The zero-order valence-electron chi connectivity index (χ0n) is 16.6. The van der Waals surface area contributed by atoms with Crippen molar-refractivity contribution in [1.29, 1.82) is 0 Å². The minimum atomic E-state index is -0.121. The Kier molecular flexibility index (Phi) is 5.07. The van der Waals surface area contributed by atoms with Gasteiger partial charge in [0.05, 0.1) is 11.4 Å². The fraction of sp³-hybridized carbons (Fsp3) is 0.391. The average molecular weight is 377 g/mol. The van der Waals surface area contributed by atoms with Crippen molar-refractivity contribution in [3.05, 3.63) is 59.2 Å². The summed E-state index contributed by atoms with van der Waals surface area (Å²) in [5.74, 6) is 0.00440. The molecule has 0 aromatic heterocycles. The smallest absolute Gasteiger partial charge is 0.251 e. The van der Waals surface area contributed by atoms with E-state index in [9.17, 15) is 9.59 Å². The molecule has 146 valence electrons. The lowest BCUT2D eigenvalue weighted by atomic mass is 9.96. The number of carbonyl (C=O) groups excluding carboxylic acids is 2. The summed E-state index contributed by atoms with van der Waals surface area (Å²) in [5.41, 5.74) is 4.82. The van der Waals surface area contributed by atoms with E-state index < -0.39 is 0 Å². The molecule has 4 rings (SSSR count). The molecule has 0 saturated carbocycles. The number of piperidine rings is 1. The fourth-order valence-electron chi connectivity index (χ4n) is 4.17. The third-order valence-corrected chi connectivity index (χ3v) is 5.91. The second-order valence-electron chi connectivity index (χ2n) is 7.66. The van der Waals surface area contributed by atoms with Gasteiger partial charge in [0.25, 0.3) is 5.91 Å². The van der Waals surface area contributed by atoms with E-state index in [4.69, 9.17) is 0 Å². The molecule has 0 aliphatic carbocycles. The maximum atomic E-state index is 12.8. The van der Waals surface area contributed by atoms with E-state index in [0.29, 0.717) is 12.1 Å². The number of rotatable bonds is 4. The molecule has 0 radical (unpaired) electrons. The van der Waals surface area contributed by atoms with E-state index in [0.717, 1.165) is 49.2 Å². The van der Waals surface area contributed by atoms with Crippen molar-refractivity contribution in [3.8, 4) is 0 Å². The quantitative estimate of drug-likeness (QED) is 0.887. The van der Waals surface area contributed by atoms with Crippen LogP contribution in [0.1, 0.15) is 47.7 Å². The first kappa shape index (κ1) is 18.5. The van der Waals surface area contributed by atoms with Crippen molar-refractivity contribution in [2.75, 3.05) is 23.4 Å². The SMILES string of the molecule is CCc1ccc(CNC(=O)c2ccc3c(c2)N(C)C(=O)[C@@H]2CCCCN32)cc1. The van der Waals surface area contributed by atoms with E-state index >= 15 is 0 Å². The van der Waals surface area contributed by atoms with Gasteiger partial charge < -0.3 is 15.1 Å². The highest BCUT2D eigenvalue weighted by molar-refractivity contribution is 6.07.